The normalized spacial score (nSPS) is 14.7. The average molecular weight is 501 g/mol. The highest BCUT2D eigenvalue weighted by Gasteiger charge is 2.34. The number of hydrogen-bond acceptors (Lipinski definition) is 5. The van der Waals surface area contributed by atoms with Gasteiger partial charge in [0.15, 0.2) is 0 Å². The summed E-state index contributed by atoms with van der Waals surface area (Å²) in [6, 6.07) is 14.8. The van der Waals surface area contributed by atoms with Gasteiger partial charge in [-0.1, -0.05) is 75.6 Å². The van der Waals surface area contributed by atoms with Gasteiger partial charge in [-0.3, -0.25) is 14.6 Å². The third-order valence-electron chi connectivity index (χ3n) is 7.01. The summed E-state index contributed by atoms with van der Waals surface area (Å²) in [5.41, 5.74) is 2.92. The first-order valence-corrected chi connectivity index (χ1v) is 13.1. The van der Waals surface area contributed by atoms with Crippen LogP contribution in [0.15, 0.2) is 67.1 Å². The third-order valence-corrected chi connectivity index (χ3v) is 7.01. The predicted octanol–water partition coefficient (Wildman–Crippen LogP) is 5.44. The molecule has 2 amide bonds. The van der Waals surface area contributed by atoms with E-state index in [4.69, 9.17) is 4.74 Å². The summed E-state index contributed by atoms with van der Waals surface area (Å²) in [6.07, 6.45) is 9.75. The highest BCUT2D eigenvalue weighted by molar-refractivity contribution is 5.96. The Labute approximate surface area is 219 Å². The predicted molar refractivity (Wildman–Crippen MR) is 143 cm³/mol. The number of nitrogens with one attached hydrogen (secondary N) is 1. The number of methoxy groups -OCH3 is 1. The van der Waals surface area contributed by atoms with Crippen molar-refractivity contribution in [3.63, 3.8) is 0 Å². The van der Waals surface area contributed by atoms with Gasteiger partial charge in [0.05, 0.1) is 19.9 Å². The average Bonchev–Trinajstić information content (AvgIpc) is 2.94. The molecule has 4 rings (SSSR count). The standard InChI is InChI=1S/C30H36N4O3/c1-21(2)22-13-15-23(16-14-22)28(29(35)33-25-10-5-4-6-11-25)34(30(36)26-19-31-17-18-32-26)20-24-9-7-8-12-27(24)37-3/h7-9,12-19,21,25,28H,4-6,10-11,20H2,1-3H3,(H,33,35)/t28-/m1/s1. The Morgan fingerprint density at radius 3 is 2.35 bits per heavy atom. The van der Waals surface area contributed by atoms with Gasteiger partial charge in [0, 0.05) is 24.0 Å². The molecule has 1 heterocycles. The van der Waals surface area contributed by atoms with Gasteiger partial charge < -0.3 is 15.0 Å². The van der Waals surface area contributed by atoms with Crippen LogP contribution in [0.25, 0.3) is 0 Å². The molecule has 1 aromatic heterocycles. The molecular weight excluding hydrogens is 464 g/mol. The van der Waals surface area contributed by atoms with Crippen LogP contribution in [-0.2, 0) is 11.3 Å². The summed E-state index contributed by atoms with van der Waals surface area (Å²) in [6.45, 7) is 4.44. The molecule has 1 N–H and O–H groups in total. The molecule has 1 aliphatic carbocycles. The summed E-state index contributed by atoms with van der Waals surface area (Å²) in [5.74, 6) is 0.461. The van der Waals surface area contributed by atoms with Gasteiger partial charge in [-0.25, -0.2) is 4.98 Å². The minimum atomic E-state index is -0.845. The molecule has 1 saturated carbocycles. The second-order valence-electron chi connectivity index (χ2n) is 9.90. The van der Waals surface area contributed by atoms with Crippen molar-refractivity contribution in [1.82, 2.24) is 20.2 Å². The number of benzene rings is 2. The second kappa shape index (κ2) is 12.5. The third kappa shape index (κ3) is 6.53. The fourth-order valence-electron chi connectivity index (χ4n) is 4.92. The fraction of sp³-hybridized carbons (Fsp3) is 0.400. The zero-order valence-electron chi connectivity index (χ0n) is 21.9. The molecule has 194 valence electrons. The lowest BCUT2D eigenvalue weighted by molar-refractivity contribution is -0.127. The maximum absolute atomic E-state index is 14.0. The van der Waals surface area contributed by atoms with E-state index < -0.39 is 6.04 Å². The van der Waals surface area contributed by atoms with E-state index in [9.17, 15) is 9.59 Å². The zero-order chi connectivity index (χ0) is 26.2. The lowest BCUT2D eigenvalue weighted by atomic mass is 9.94. The van der Waals surface area contributed by atoms with Crippen LogP contribution in [0.2, 0.25) is 0 Å². The number of hydrogen-bond donors (Lipinski definition) is 1. The summed E-state index contributed by atoms with van der Waals surface area (Å²) < 4.78 is 5.57. The van der Waals surface area contributed by atoms with Crippen molar-refractivity contribution >= 4 is 11.8 Å². The molecule has 0 spiro atoms. The number of rotatable bonds is 9. The molecule has 1 fully saturated rings. The van der Waals surface area contributed by atoms with Crippen LogP contribution >= 0.6 is 0 Å². The Kier molecular flexibility index (Phi) is 8.88. The number of carbonyl (C=O) groups excluding carboxylic acids is 2. The van der Waals surface area contributed by atoms with Crippen molar-refractivity contribution in [2.24, 2.45) is 0 Å². The summed E-state index contributed by atoms with van der Waals surface area (Å²) >= 11 is 0. The summed E-state index contributed by atoms with van der Waals surface area (Å²) in [4.78, 5) is 37.9. The number of nitrogens with zero attached hydrogens (tertiary/aromatic N) is 3. The lowest BCUT2D eigenvalue weighted by Crippen LogP contribution is -2.47. The minimum Gasteiger partial charge on any atom is -0.496 e. The largest absolute Gasteiger partial charge is 0.496 e. The van der Waals surface area contributed by atoms with Crippen molar-refractivity contribution in [2.75, 3.05) is 7.11 Å². The molecule has 3 aromatic rings. The van der Waals surface area contributed by atoms with Crippen LogP contribution in [0.3, 0.4) is 0 Å². The van der Waals surface area contributed by atoms with E-state index in [0.717, 1.165) is 36.8 Å². The maximum Gasteiger partial charge on any atom is 0.275 e. The molecule has 0 radical (unpaired) electrons. The Morgan fingerprint density at radius 2 is 1.70 bits per heavy atom. The number of aromatic nitrogens is 2. The number of para-hydroxylation sites is 1. The number of amides is 2. The molecule has 37 heavy (non-hydrogen) atoms. The van der Waals surface area contributed by atoms with E-state index >= 15 is 0 Å². The fourth-order valence-corrected chi connectivity index (χ4v) is 4.92. The first-order valence-electron chi connectivity index (χ1n) is 13.1. The van der Waals surface area contributed by atoms with Crippen LogP contribution in [0.5, 0.6) is 5.75 Å². The van der Waals surface area contributed by atoms with Gasteiger partial charge in [0.2, 0.25) is 5.91 Å². The molecule has 1 atom stereocenters. The topological polar surface area (TPSA) is 84.4 Å². The van der Waals surface area contributed by atoms with Gasteiger partial charge in [-0.2, -0.15) is 0 Å². The molecule has 0 bridgehead atoms. The Bertz CT molecular complexity index is 1170. The minimum absolute atomic E-state index is 0.110. The Hall–Kier alpha value is -3.74. The highest BCUT2D eigenvalue weighted by atomic mass is 16.5. The first kappa shape index (κ1) is 26.3. The van der Waals surface area contributed by atoms with Crippen LogP contribution in [0, 0.1) is 0 Å². The van der Waals surface area contributed by atoms with Gasteiger partial charge in [0.25, 0.3) is 5.91 Å². The van der Waals surface area contributed by atoms with E-state index in [1.165, 1.54) is 30.6 Å². The second-order valence-corrected chi connectivity index (χ2v) is 9.90. The highest BCUT2D eigenvalue weighted by Crippen LogP contribution is 2.30. The van der Waals surface area contributed by atoms with Crippen molar-refractivity contribution in [1.29, 1.82) is 0 Å². The van der Waals surface area contributed by atoms with Gasteiger partial charge >= 0.3 is 0 Å². The summed E-state index contributed by atoms with van der Waals surface area (Å²) in [7, 11) is 1.60. The SMILES string of the molecule is COc1ccccc1CN(C(=O)c1cnccn1)[C@@H](C(=O)NC1CCCCC1)c1ccc(C(C)C)cc1. The van der Waals surface area contributed by atoms with Crippen molar-refractivity contribution in [2.45, 2.75) is 70.5 Å². The van der Waals surface area contributed by atoms with Crippen molar-refractivity contribution in [3.8, 4) is 5.75 Å². The quantitative estimate of drug-likeness (QED) is 0.423. The molecule has 7 heteroatoms. The number of ether oxygens (including phenoxy) is 1. The summed E-state index contributed by atoms with van der Waals surface area (Å²) in [5, 5.41) is 3.26. The van der Waals surface area contributed by atoms with Crippen LogP contribution in [-0.4, -0.2) is 39.8 Å². The lowest BCUT2D eigenvalue weighted by Gasteiger charge is -2.33. The van der Waals surface area contributed by atoms with E-state index in [1.54, 1.807) is 12.0 Å². The molecule has 7 nitrogen and oxygen atoms in total. The molecule has 1 aliphatic rings. The molecule has 0 saturated heterocycles. The van der Waals surface area contributed by atoms with Gasteiger partial charge in [-0.15, -0.1) is 0 Å². The van der Waals surface area contributed by atoms with Crippen LogP contribution in [0.4, 0.5) is 0 Å². The van der Waals surface area contributed by atoms with E-state index in [0.29, 0.717) is 11.7 Å². The van der Waals surface area contributed by atoms with E-state index in [2.05, 4.69) is 29.1 Å². The van der Waals surface area contributed by atoms with Gasteiger partial charge in [0.1, 0.15) is 17.5 Å². The Morgan fingerprint density at radius 1 is 1.00 bits per heavy atom. The zero-order valence-corrected chi connectivity index (χ0v) is 21.9. The number of carbonyl (C=O) groups is 2. The monoisotopic (exact) mass is 500 g/mol. The first-order chi connectivity index (χ1) is 18.0. The Balaban J connectivity index is 1.77. The smallest absolute Gasteiger partial charge is 0.275 e. The molecule has 0 unspecified atom stereocenters. The maximum atomic E-state index is 14.0. The van der Waals surface area contributed by atoms with Gasteiger partial charge in [-0.05, 0) is 36.0 Å². The van der Waals surface area contributed by atoms with E-state index in [1.807, 2.05) is 48.5 Å². The molecule has 2 aromatic carbocycles. The van der Waals surface area contributed by atoms with Crippen molar-refractivity contribution in [3.05, 3.63) is 89.5 Å². The van der Waals surface area contributed by atoms with Crippen molar-refractivity contribution < 1.29 is 14.3 Å². The molecular formula is C30H36N4O3. The van der Waals surface area contributed by atoms with Crippen LogP contribution in [0.1, 0.15) is 85.1 Å². The van der Waals surface area contributed by atoms with E-state index in [-0.39, 0.29) is 30.1 Å². The molecule has 0 aliphatic heterocycles. The van der Waals surface area contributed by atoms with Crippen LogP contribution < -0.4 is 10.1 Å².